The molecule has 0 radical (unpaired) electrons. The molecule has 3 aromatic rings. The van der Waals surface area contributed by atoms with Crippen molar-refractivity contribution in [1.29, 1.82) is 0 Å². The summed E-state index contributed by atoms with van der Waals surface area (Å²) in [6.45, 7) is 1.24. The summed E-state index contributed by atoms with van der Waals surface area (Å²) in [6.07, 6.45) is 0. The number of carbonyl (C=O) groups excluding carboxylic acids is 1. The van der Waals surface area contributed by atoms with Gasteiger partial charge in [0.15, 0.2) is 16.4 Å². The highest BCUT2D eigenvalue weighted by Crippen LogP contribution is 2.27. The summed E-state index contributed by atoms with van der Waals surface area (Å²) in [4.78, 5) is 12.2. The minimum absolute atomic E-state index is 0.00634. The average molecular weight is 456 g/mol. The van der Waals surface area contributed by atoms with Crippen molar-refractivity contribution in [2.75, 3.05) is 17.7 Å². The fourth-order valence-corrected chi connectivity index (χ4v) is 3.60. The summed E-state index contributed by atoms with van der Waals surface area (Å²) in [6, 6.07) is 10.5. The first-order valence-corrected chi connectivity index (χ1v) is 10.7. The van der Waals surface area contributed by atoms with Gasteiger partial charge < -0.3 is 9.15 Å². The zero-order valence-corrected chi connectivity index (χ0v) is 17.4. The molecule has 0 saturated carbocycles. The minimum atomic E-state index is -3.30. The monoisotopic (exact) mass is 455 g/mol. The van der Waals surface area contributed by atoms with Crippen molar-refractivity contribution in [3.8, 4) is 17.2 Å². The predicted octanol–water partition coefficient (Wildman–Crippen LogP) is 3.85. The maximum absolute atomic E-state index is 12.0. The topological polar surface area (TPSA) is 111 Å². The molecule has 0 unspecified atom stereocenters. The molecule has 1 amide bonds. The van der Waals surface area contributed by atoms with Gasteiger partial charge in [-0.05, 0) is 42.5 Å². The number of nitrogens with one attached hydrogen (secondary N) is 1. The van der Waals surface area contributed by atoms with E-state index in [1.165, 1.54) is 18.2 Å². The van der Waals surface area contributed by atoms with E-state index >= 15 is 0 Å². The third-order valence-corrected chi connectivity index (χ3v) is 6.05. The Labute approximate surface area is 176 Å². The highest BCUT2D eigenvalue weighted by molar-refractivity contribution is 7.91. The van der Waals surface area contributed by atoms with Crippen LogP contribution in [0.1, 0.15) is 6.92 Å². The molecule has 2 aromatic carbocycles. The van der Waals surface area contributed by atoms with Gasteiger partial charge in [-0.25, -0.2) is 8.42 Å². The first-order valence-electron chi connectivity index (χ1n) is 8.33. The van der Waals surface area contributed by atoms with E-state index < -0.39 is 15.7 Å². The van der Waals surface area contributed by atoms with E-state index in [-0.39, 0.29) is 34.2 Å². The average Bonchev–Trinajstić information content (AvgIpc) is 3.16. The van der Waals surface area contributed by atoms with Crippen LogP contribution in [0.15, 0.2) is 51.8 Å². The zero-order valence-electron chi connectivity index (χ0n) is 15.1. The standard InChI is InChI=1S/C18H15Cl2N3O5S/c1-2-29(25,26)13-6-3-11(4-7-13)17-22-23-18(28-17)21-16(24)10-27-15-8-5-12(19)9-14(15)20/h3-9H,2,10H2,1H3,(H,21,23,24). The molecule has 0 aliphatic heterocycles. The largest absolute Gasteiger partial charge is 0.482 e. The number of hydrogen-bond donors (Lipinski definition) is 1. The van der Waals surface area contributed by atoms with Crippen LogP contribution in [0.5, 0.6) is 5.75 Å². The Morgan fingerprint density at radius 3 is 2.52 bits per heavy atom. The molecule has 11 heteroatoms. The second-order valence-corrected chi connectivity index (χ2v) is 8.87. The highest BCUT2D eigenvalue weighted by atomic mass is 35.5. The van der Waals surface area contributed by atoms with Crippen molar-refractivity contribution in [2.45, 2.75) is 11.8 Å². The van der Waals surface area contributed by atoms with Crippen molar-refractivity contribution >= 4 is 45.0 Å². The fourth-order valence-electron chi connectivity index (χ4n) is 2.25. The third kappa shape index (κ3) is 5.26. The third-order valence-electron chi connectivity index (χ3n) is 3.76. The van der Waals surface area contributed by atoms with Crippen molar-refractivity contribution < 1.29 is 22.4 Å². The van der Waals surface area contributed by atoms with E-state index in [0.717, 1.165) is 0 Å². The number of rotatable bonds is 7. The summed E-state index contributed by atoms with van der Waals surface area (Å²) in [5.74, 6) is -0.0931. The first kappa shape index (κ1) is 21.1. The van der Waals surface area contributed by atoms with Crippen LogP contribution in [0.3, 0.4) is 0 Å². The lowest BCUT2D eigenvalue weighted by Crippen LogP contribution is -2.20. The summed E-state index contributed by atoms with van der Waals surface area (Å²) in [5.41, 5.74) is 0.511. The van der Waals surface area contributed by atoms with Gasteiger partial charge in [0, 0.05) is 10.6 Å². The van der Waals surface area contributed by atoms with Gasteiger partial charge in [0.25, 0.3) is 5.91 Å². The molecule has 29 heavy (non-hydrogen) atoms. The van der Waals surface area contributed by atoms with Crippen LogP contribution >= 0.6 is 23.2 Å². The van der Waals surface area contributed by atoms with E-state index in [1.54, 1.807) is 31.2 Å². The Morgan fingerprint density at radius 1 is 1.14 bits per heavy atom. The van der Waals surface area contributed by atoms with E-state index in [1.807, 2.05) is 0 Å². The van der Waals surface area contributed by atoms with Crippen LogP contribution in [0.4, 0.5) is 6.01 Å². The highest BCUT2D eigenvalue weighted by Gasteiger charge is 2.15. The number of sulfone groups is 1. The molecule has 0 fully saturated rings. The molecule has 0 bridgehead atoms. The molecule has 8 nitrogen and oxygen atoms in total. The van der Waals surface area contributed by atoms with Crippen LogP contribution in [0.2, 0.25) is 10.0 Å². The van der Waals surface area contributed by atoms with Crippen LogP contribution < -0.4 is 10.1 Å². The molecule has 1 N–H and O–H groups in total. The Kier molecular flexibility index (Phi) is 6.41. The van der Waals surface area contributed by atoms with E-state index in [2.05, 4.69) is 15.5 Å². The van der Waals surface area contributed by atoms with Gasteiger partial charge in [0.1, 0.15) is 5.75 Å². The van der Waals surface area contributed by atoms with Gasteiger partial charge in [-0.2, -0.15) is 0 Å². The van der Waals surface area contributed by atoms with Crippen molar-refractivity contribution in [2.24, 2.45) is 0 Å². The molecule has 1 heterocycles. The Balaban J connectivity index is 1.62. The molecule has 0 aliphatic carbocycles. The van der Waals surface area contributed by atoms with Gasteiger partial charge >= 0.3 is 6.01 Å². The van der Waals surface area contributed by atoms with Gasteiger partial charge in [0.2, 0.25) is 5.89 Å². The number of ether oxygens (including phenoxy) is 1. The lowest BCUT2D eigenvalue weighted by atomic mass is 10.2. The number of benzene rings is 2. The van der Waals surface area contributed by atoms with Crippen LogP contribution in [0, 0.1) is 0 Å². The second-order valence-electron chi connectivity index (χ2n) is 5.75. The van der Waals surface area contributed by atoms with Crippen LogP contribution in [0.25, 0.3) is 11.5 Å². The molecule has 152 valence electrons. The van der Waals surface area contributed by atoms with Crippen molar-refractivity contribution in [3.05, 3.63) is 52.5 Å². The number of nitrogens with zero attached hydrogens (tertiary/aromatic N) is 2. The number of anilines is 1. The minimum Gasteiger partial charge on any atom is -0.482 e. The van der Waals surface area contributed by atoms with E-state index in [0.29, 0.717) is 16.3 Å². The van der Waals surface area contributed by atoms with Gasteiger partial charge in [-0.3, -0.25) is 10.1 Å². The lowest BCUT2D eigenvalue weighted by molar-refractivity contribution is -0.118. The van der Waals surface area contributed by atoms with Crippen LogP contribution in [-0.4, -0.2) is 36.9 Å². The molecular formula is C18H15Cl2N3O5S. The molecule has 3 rings (SSSR count). The summed E-state index contributed by atoms with van der Waals surface area (Å²) in [7, 11) is -3.30. The fraction of sp³-hybridized carbons (Fsp3) is 0.167. The number of aromatic nitrogens is 2. The maximum Gasteiger partial charge on any atom is 0.322 e. The van der Waals surface area contributed by atoms with Crippen LogP contribution in [-0.2, 0) is 14.6 Å². The smallest absolute Gasteiger partial charge is 0.322 e. The lowest BCUT2D eigenvalue weighted by Gasteiger charge is -2.07. The first-order chi connectivity index (χ1) is 13.8. The molecule has 0 spiro atoms. The van der Waals surface area contributed by atoms with Gasteiger partial charge in [0.05, 0.1) is 15.7 Å². The van der Waals surface area contributed by atoms with E-state index in [9.17, 15) is 13.2 Å². The Bertz CT molecular complexity index is 1130. The van der Waals surface area contributed by atoms with Gasteiger partial charge in [-0.15, -0.1) is 5.10 Å². The van der Waals surface area contributed by atoms with Crippen molar-refractivity contribution in [1.82, 2.24) is 10.2 Å². The Hall–Kier alpha value is -2.62. The molecular weight excluding hydrogens is 441 g/mol. The van der Waals surface area contributed by atoms with E-state index in [4.69, 9.17) is 32.4 Å². The molecule has 0 aliphatic rings. The van der Waals surface area contributed by atoms with Gasteiger partial charge in [-0.1, -0.05) is 35.2 Å². The molecule has 0 atom stereocenters. The summed E-state index contributed by atoms with van der Waals surface area (Å²) < 4.78 is 34.4. The normalized spacial score (nSPS) is 11.3. The quantitative estimate of drug-likeness (QED) is 0.575. The maximum atomic E-state index is 12.0. The summed E-state index contributed by atoms with van der Waals surface area (Å²) in [5, 5.41) is 10.7. The number of hydrogen-bond acceptors (Lipinski definition) is 7. The second kappa shape index (κ2) is 8.81. The summed E-state index contributed by atoms with van der Waals surface area (Å²) >= 11 is 11.8. The zero-order chi connectivity index (χ0) is 21.0. The SMILES string of the molecule is CCS(=O)(=O)c1ccc(-c2nnc(NC(=O)COc3ccc(Cl)cc3Cl)o2)cc1. The number of amides is 1. The number of halogens is 2. The predicted molar refractivity (Wildman–Crippen MR) is 108 cm³/mol. The molecule has 1 aromatic heterocycles. The Morgan fingerprint density at radius 2 is 1.86 bits per heavy atom. The molecule has 0 saturated heterocycles. The van der Waals surface area contributed by atoms with Crippen molar-refractivity contribution in [3.63, 3.8) is 0 Å². The number of carbonyl (C=O) groups is 1.